The normalized spacial score (nSPS) is 10.4. The Labute approximate surface area is 124 Å². The highest BCUT2D eigenvalue weighted by Crippen LogP contribution is 2.11. The lowest BCUT2D eigenvalue weighted by molar-refractivity contribution is 0.162. The van der Waals surface area contributed by atoms with Crippen molar-refractivity contribution in [2.45, 2.75) is 58.3 Å². The number of hydrogen-bond donors (Lipinski definition) is 0. The Kier molecular flexibility index (Phi) is 9.70. The van der Waals surface area contributed by atoms with E-state index in [2.05, 4.69) is 37.1 Å². The van der Waals surface area contributed by atoms with Crippen LogP contribution in [0.5, 0.6) is 0 Å². The summed E-state index contributed by atoms with van der Waals surface area (Å²) in [5.74, 6) is 2.49. The van der Waals surface area contributed by atoms with Gasteiger partial charge in [0.25, 0.3) is 0 Å². The van der Waals surface area contributed by atoms with Crippen LogP contribution >= 0.6 is 0 Å². The number of rotatable bonds is 11. The molecule has 0 heterocycles. The van der Waals surface area contributed by atoms with Crippen LogP contribution in [-0.4, -0.2) is 13.2 Å². The first-order valence-corrected chi connectivity index (χ1v) is 7.96. The van der Waals surface area contributed by atoms with Gasteiger partial charge in [-0.05, 0) is 36.8 Å². The molecule has 0 amide bonds. The fraction of sp³-hybridized carbons (Fsp3) is 0.579. The molecule has 1 rings (SSSR count). The van der Waals surface area contributed by atoms with Gasteiger partial charge in [-0.15, -0.1) is 6.42 Å². The second-order valence-electron chi connectivity index (χ2n) is 5.34. The van der Waals surface area contributed by atoms with Crippen LogP contribution in [0.2, 0.25) is 0 Å². The zero-order valence-corrected chi connectivity index (χ0v) is 12.9. The number of terminal acetylenes is 1. The summed E-state index contributed by atoms with van der Waals surface area (Å²) in [7, 11) is 0. The summed E-state index contributed by atoms with van der Waals surface area (Å²) >= 11 is 0. The van der Waals surface area contributed by atoms with Crippen LogP contribution in [-0.2, 0) is 17.6 Å². The van der Waals surface area contributed by atoms with Crippen LogP contribution in [0.4, 0.5) is 0 Å². The van der Waals surface area contributed by atoms with Crippen LogP contribution in [0.3, 0.4) is 0 Å². The lowest BCUT2D eigenvalue weighted by Gasteiger charge is -2.04. The van der Waals surface area contributed by atoms with Crippen LogP contribution in [0.15, 0.2) is 24.3 Å². The molecule has 0 aromatic heterocycles. The molecule has 0 saturated heterocycles. The second-order valence-corrected chi connectivity index (χ2v) is 5.34. The van der Waals surface area contributed by atoms with Crippen molar-refractivity contribution in [1.29, 1.82) is 0 Å². The molecule has 0 atom stereocenters. The van der Waals surface area contributed by atoms with E-state index in [1.807, 2.05) is 0 Å². The van der Waals surface area contributed by atoms with E-state index >= 15 is 0 Å². The highest BCUT2D eigenvalue weighted by molar-refractivity contribution is 5.22. The number of unbranched alkanes of at least 4 members (excludes halogenated alkanes) is 4. The van der Waals surface area contributed by atoms with Crippen molar-refractivity contribution in [3.8, 4) is 12.3 Å². The van der Waals surface area contributed by atoms with E-state index in [4.69, 9.17) is 11.2 Å². The van der Waals surface area contributed by atoms with Gasteiger partial charge >= 0.3 is 0 Å². The highest BCUT2D eigenvalue weighted by atomic mass is 16.5. The van der Waals surface area contributed by atoms with Crippen molar-refractivity contribution < 1.29 is 4.74 Å². The van der Waals surface area contributed by atoms with Crippen molar-refractivity contribution in [2.75, 3.05) is 13.2 Å². The Bertz CT molecular complexity index is 372. The Morgan fingerprint density at radius 2 is 1.50 bits per heavy atom. The minimum absolute atomic E-state index is 0.452. The molecule has 0 unspecified atom stereocenters. The summed E-state index contributed by atoms with van der Waals surface area (Å²) in [6, 6.07) is 9.14. The van der Waals surface area contributed by atoms with Gasteiger partial charge in [0.1, 0.15) is 6.61 Å². The van der Waals surface area contributed by atoms with Crippen LogP contribution in [0.1, 0.15) is 56.6 Å². The third-order valence-corrected chi connectivity index (χ3v) is 3.50. The van der Waals surface area contributed by atoms with Crippen LogP contribution in [0.25, 0.3) is 0 Å². The van der Waals surface area contributed by atoms with Crippen LogP contribution in [0, 0.1) is 12.3 Å². The fourth-order valence-electron chi connectivity index (χ4n) is 2.36. The molecule has 1 aromatic carbocycles. The molecule has 1 nitrogen and oxygen atoms in total. The first-order chi connectivity index (χ1) is 9.86. The molecule has 110 valence electrons. The summed E-state index contributed by atoms with van der Waals surface area (Å²) in [6.07, 6.45) is 15.0. The van der Waals surface area contributed by atoms with E-state index in [0.717, 1.165) is 13.0 Å². The van der Waals surface area contributed by atoms with Gasteiger partial charge in [-0.3, -0.25) is 0 Å². The molecule has 0 spiro atoms. The fourth-order valence-corrected chi connectivity index (χ4v) is 2.36. The number of hydrogen-bond acceptors (Lipinski definition) is 1. The monoisotopic (exact) mass is 272 g/mol. The standard InChI is InChI=1S/C19H28O/c1-3-10-18-12-14-19(15-13-18)11-8-6-5-7-9-17-20-16-4-2/h2,12-15H,3,5-11,16-17H2,1H3. The van der Waals surface area contributed by atoms with Gasteiger partial charge in [0.15, 0.2) is 0 Å². The second kappa shape index (κ2) is 11.6. The van der Waals surface area contributed by atoms with Gasteiger partial charge < -0.3 is 4.74 Å². The van der Waals surface area contributed by atoms with E-state index < -0.39 is 0 Å². The first-order valence-electron chi connectivity index (χ1n) is 7.96. The van der Waals surface area contributed by atoms with Crippen molar-refractivity contribution in [3.63, 3.8) is 0 Å². The number of aryl methyl sites for hydroxylation is 2. The molecular formula is C19H28O. The zero-order valence-electron chi connectivity index (χ0n) is 12.9. The largest absolute Gasteiger partial charge is 0.369 e. The van der Waals surface area contributed by atoms with Crippen molar-refractivity contribution >= 4 is 0 Å². The van der Waals surface area contributed by atoms with E-state index in [-0.39, 0.29) is 0 Å². The third-order valence-electron chi connectivity index (χ3n) is 3.50. The summed E-state index contributed by atoms with van der Waals surface area (Å²) in [6.45, 7) is 3.49. The molecule has 1 aromatic rings. The molecule has 0 fully saturated rings. The van der Waals surface area contributed by atoms with Gasteiger partial charge in [0, 0.05) is 6.61 Å². The van der Waals surface area contributed by atoms with Gasteiger partial charge in [0.2, 0.25) is 0 Å². The Hall–Kier alpha value is -1.26. The highest BCUT2D eigenvalue weighted by Gasteiger charge is 1.96. The maximum Gasteiger partial charge on any atom is 0.107 e. The minimum Gasteiger partial charge on any atom is -0.369 e. The SMILES string of the molecule is C#CCOCCCCCCCc1ccc(CCC)cc1. The quantitative estimate of drug-likeness (QED) is 0.416. The maximum absolute atomic E-state index is 5.25. The van der Waals surface area contributed by atoms with Gasteiger partial charge in [-0.25, -0.2) is 0 Å². The van der Waals surface area contributed by atoms with Gasteiger partial charge in [0.05, 0.1) is 0 Å². The van der Waals surface area contributed by atoms with Crippen molar-refractivity contribution in [2.24, 2.45) is 0 Å². The van der Waals surface area contributed by atoms with E-state index in [0.29, 0.717) is 6.61 Å². The molecular weight excluding hydrogens is 244 g/mol. The summed E-state index contributed by atoms with van der Waals surface area (Å²) in [5.41, 5.74) is 2.94. The lowest BCUT2D eigenvalue weighted by atomic mass is 10.0. The molecule has 0 aliphatic rings. The third kappa shape index (κ3) is 8.02. The molecule has 1 heteroatoms. The topological polar surface area (TPSA) is 9.23 Å². The average Bonchev–Trinajstić information content (AvgIpc) is 2.47. The molecule has 0 saturated carbocycles. The Balaban J connectivity index is 1.99. The molecule has 0 aliphatic carbocycles. The van der Waals surface area contributed by atoms with E-state index in [1.54, 1.807) is 0 Å². The molecule has 20 heavy (non-hydrogen) atoms. The molecule has 0 radical (unpaired) electrons. The first kappa shape index (κ1) is 16.8. The smallest absolute Gasteiger partial charge is 0.107 e. The van der Waals surface area contributed by atoms with E-state index in [1.165, 1.54) is 56.1 Å². The predicted molar refractivity (Wildman–Crippen MR) is 86.9 cm³/mol. The number of ether oxygens (including phenoxy) is 1. The summed E-state index contributed by atoms with van der Waals surface area (Å²) in [5, 5.41) is 0. The minimum atomic E-state index is 0.452. The zero-order chi connectivity index (χ0) is 14.5. The molecule has 0 N–H and O–H groups in total. The van der Waals surface area contributed by atoms with Gasteiger partial charge in [-0.1, -0.05) is 62.8 Å². The summed E-state index contributed by atoms with van der Waals surface area (Å²) in [4.78, 5) is 0. The Morgan fingerprint density at radius 1 is 0.900 bits per heavy atom. The predicted octanol–water partition coefficient (Wildman–Crippen LogP) is 4.78. The van der Waals surface area contributed by atoms with E-state index in [9.17, 15) is 0 Å². The van der Waals surface area contributed by atoms with Crippen molar-refractivity contribution in [1.82, 2.24) is 0 Å². The van der Waals surface area contributed by atoms with Crippen LogP contribution < -0.4 is 0 Å². The maximum atomic E-state index is 5.25. The number of benzene rings is 1. The molecule has 0 bridgehead atoms. The van der Waals surface area contributed by atoms with Gasteiger partial charge in [-0.2, -0.15) is 0 Å². The van der Waals surface area contributed by atoms with Crippen molar-refractivity contribution in [3.05, 3.63) is 35.4 Å². The summed E-state index contributed by atoms with van der Waals surface area (Å²) < 4.78 is 5.25. The lowest BCUT2D eigenvalue weighted by Crippen LogP contribution is -1.94. The Morgan fingerprint density at radius 3 is 2.15 bits per heavy atom. The molecule has 0 aliphatic heterocycles. The average molecular weight is 272 g/mol.